The molecule has 12 heavy (non-hydrogen) atoms. The molecule has 4 nitrogen and oxygen atoms in total. The summed E-state index contributed by atoms with van der Waals surface area (Å²) in [6, 6.07) is -4.18. The highest BCUT2D eigenvalue weighted by Gasteiger charge is 2.29. The zero-order chi connectivity index (χ0) is 21.3. The van der Waals surface area contributed by atoms with E-state index < -0.39 is 60.9 Å². The van der Waals surface area contributed by atoms with Crippen molar-refractivity contribution in [3.05, 3.63) is 0 Å². The fourth-order valence-corrected chi connectivity index (χ4v) is 0.606. The highest BCUT2D eigenvalue weighted by Crippen LogP contribution is 2.15. The van der Waals surface area contributed by atoms with Crippen molar-refractivity contribution in [2.45, 2.75) is 32.0 Å². The van der Waals surface area contributed by atoms with Gasteiger partial charge in [0, 0.05) is 27.9 Å². The number of carbonyl (C=O) groups is 2. The van der Waals surface area contributed by atoms with Gasteiger partial charge in [-0.25, -0.2) is 0 Å². The van der Waals surface area contributed by atoms with Crippen molar-refractivity contribution in [2.24, 2.45) is 5.72 Å². The highest BCUT2D eigenvalue weighted by atomic mass is 16.2. The minimum atomic E-state index is -4.18. The lowest BCUT2D eigenvalue weighted by molar-refractivity contribution is -0.136. The van der Waals surface area contributed by atoms with Crippen LogP contribution in [0.2, 0.25) is 2.82 Å². The molecule has 1 saturated heterocycles. The van der Waals surface area contributed by atoms with Crippen molar-refractivity contribution in [3.8, 4) is 0 Å². The van der Waals surface area contributed by atoms with Crippen LogP contribution in [0.25, 0.3) is 0 Å². The average molecular weight is 184 g/mol. The first kappa shape index (κ1) is 1.74. The van der Waals surface area contributed by atoms with Crippen molar-refractivity contribution in [2.75, 3.05) is 6.50 Å². The molecular formula is C8H14N2O2. The zero-order valence-electron chi connectivity index (χ0n) is 19.7. The third-order valence-electron chi connectivity index (χ3n) is 1.08. The Bertz CT molecular complexity index is 627. The Morgan fingerprint density at radius 3 is 3.58 bits per heavy atom. The summed E-state index contributed by atoms with van der Waals surface area (Å²) in [6.07, 6.45) is -11.5. The second-order valence-corrected chi connectivity index (χ2v) is 1.78. The highest BCUT2D eigenvalue weighted by molar-refractivity contribution is 5.87. The first-order valence-corrected chi connectivity index (χ1v) is 2.80. The number of primary amides is 1. The molecule has 0 bridgehead atoms. The van der Waals surface area contributed by atoms with E-state index in [0.717, 1.165) is 0 Å². The number of hydrogen-bond donors (Lipinski definition) is 1. The summed E-state index contributed by atoms with van der Waals surface area (Å²) < 4.78 is 104. The van der Waals surface area contributed by atoms with Gasteiger partial charge in [0.1, 0.15) is 6.02 Å². The normalized spacial score (nSPS) is 54.0. The molecule has 1 rings (SSSR count). The van der Waals surface area contributed by atoms with Crippen LogP contribution in [0.15, 0.2) is 0 Å². The van der Waals surface area contributed by atoms with E-state index in [2.05, 4.69) is 0 Å². The van der Waals surface area contributed by atoms with Gasteiger partial charge in [-0.15, -0.1) is 0 Å². The number of nitrogens with two attached hydrogens (primary N) is 1. The average Bonchev–Trinajstić information content (AvgIpc) is 2.51. The molecule has 2 amide bonds. The maximum absolute atomic E-state index is 12.3. The third-order valence-corrected chi connectivity index (χ3v) is 1.08. The monoisotopic (exact) mass is 184 g/mol. The Kier molecular flexibility index (Phi) is 0.515. The number of hydrogen-bond acceptors (Lipinski definition) is 2. The third kappa shape index (κ3) is 1.57. The Morgan fingerprint density at radius 2 is 3.08 bits per heavy atom. The zero-order valence-corrected chi connectivity index (χ0v) is 5.71. The first-order chi connectivity index (χ1) is 11.1. The van der Waals surface area contributed by atoms with E-state index in [1.807, 2.05) is 0 Å². The summed E-state index contributed by atoms with van der Waals surface area (Å²) in [5.41, 5.74) is -0.955. The topological polar surface area (TPSA) is 63.4 Å². The molecule has 0 aromatic carbocycles. The van der Waals surface area contributed by atoms with Crippen LogP contribution in [0.3, 0.4) is 0 Å². The van der Waals surface area contributed by atoms with Crippen LogP contribution in [-0.2, 0) is 9.59 Å². The van der Waals surface area contributed by atoms with Crippen LogP contribution >= 0.6 is 0 Å². The molecule has 0 saturated carbocycles. The molecule has 1 aliphatic rings. The Balaban J connectivity index is 3.92. The summed E-state index contributed by atoms with van der Waals surface area (Å²) in [7, 11) is 0. The molecule has 0 unspecified atom stereocenters. The van der Waals surface area contributed by atoms with Crippen molar-refractivity contribution in [1.29, 1.82) is 0 Å². The summed E-state index contributed by atoms with van der Waals surface area (Å²) in [5, 5.41) is 0. The van der Waals surface area contributed by atoms with E-state index in [1.165, 1.54) is 0 Å². The van der Waals surface area contributed by atoms with Crippen LogP contribution in [0, 0.1) is 0 Å². The van der Waals surface area contributed by atoms with E-state index in [1.54, 1.807) is 0 Å². The van der Waals surface area contributed by atoms with Gasteiger partial charge in [0.2, 0.25) is 11.8 Å². The molecule has 0 aromatic heterocycles. The van der Waals surface area contributed by atoms with Crippen LogP contribution in [0.5, 0.6) is 0 Å². The molecule has 0 aliphatic carbocycles. The fraction of sp³-hybridized carbons (Fsp3) is 0.750. The van der Waals surface area contributed by atoms with Gasteiger partial charge in [-0.05, 0) is 12.7 Å². The van der Waals surface area contributed by atoms with Gasteiger partial charge in [0.15, 0.2) is 2.82 Å². The second kappa shape index (κ2) is 3.56. The van der Waals surface area contributed by atoms with E-state index in [0.29, 0.717) is 0 Å². The van der Waals surface area contributed by atoms with E-state index >= 15 is 0 Å². The molecule has 0 spiro atoms. The largest absolute Gasteiger partial charge is 0.368 e. The van der Waals surface area contributed by atoms with Crippen LogP contribution < -0.4 is 5.72 Å². The number of rotatable bonds is 3. The van der Waals surface area contributed by atoms with Gasteiger partial charge < -0.3 is 10.6 Å². The number of carbonyl (C=O) groups excluding carboxylic acids is 2. The van der Waals surface area contributed by atoms with Crippen molar-refractivity contribution in [1.82, 2.24) is 4.90 Å². The van der Waals surface area contributed by atoms with E-state index in [9.17, 15) is 9.59 Å². The summed E-state index contributed by atoms with van der Waals surface area (Å²) in [4.78, 5) is 23.7. The lowest BCUT2D eigenvalue weighted by Gasteiger charge is -2.23. The number of nitrogens with zero attached hydrogens (tertiary/aromatic N) is 1. The predicted octanol–water partition coefficient (Wildman–Crippen LogP) is -0.127. The molecule has 1 fully saturated rings. The lowest BCUT2D eigenvalue weighted by atomic mass is 10.2. The smallest absolute Gasteiger partial charge is 0.240 e. The minimum absolute atomic E-state index is 0.801. The molecule has 1 aliphatic heterocycles. The summed E-state index contributed by atoms with van der Waals surface area (Å²) in [5.74, 6) is -4.53. The maximum atomic E-state index is 12.3. The van der Waals surface area contributed by atoms with E-state index in [4.69, 9.17) is 19.3 Å². The lowest BCUT2D eigenvalue weighted by Crippen LogP contribution is -2.44. The van der Waals surface area contributed by atoms with Gasteiger partial charge in [-0.1, -0.05) is 6.85 Å². The summed E-state index contributed by atoms with van der Waals surface area (Å²) >= 11 is 0. The molecule has 0 radical (unpaired) electrons. The van der Waals surface area contributed by atoms with Crippen LogP contribution in [0.1, 0.15) is 42.4 Å². The SMILES string of the molecule is [2H]N([2H])C(=O)[C@@]([2H])(N1C(=O)C([2H])([2H])C([2H])([2H])C1([2H])[2H])C([2H])([2H])C([2H])([2H])[2H]. The van der Waals surface area contributed by atoms with Crippen LogP contribution in [0.4, 0.5) is 0 Å². The van der Waals surface area contributed by atoms with Crippen molar-refractivity contribution < 1.29 is 28.9 Å². The molecule has 1 atom stereocenters. The van der Waals surface area contributed by atoms with Gasteiger partial charge in [-0.3, -0.25) is 9.59 Å². The Morgan fingerprint density at radius 1 is 2.25 bits per heavy atom. The minimum Gasteiger partial charge on any atom is -0.368 e. The molecule has 4 heteroatoms. The Hall–Kier alpha value is -1.06. The second-order valence-electron chi connectivity index (χ2n) is 1.78. The fourth-order valence-electron chi connectivity index (χ4n) is 0.606. The molecular weight excluding hydrogens is 156 g/mol. The summed E-state index contributed by atoms with van der Waals surface area (Å²) in [6.45, 7) is -7.72. The van der Waals surface area contributed by atoms with Gasteiger partial charge in [0.25, 0.3) is 0 Å². The Labute approximate surface area is 91.5 Å². The predicted molar refractivity (Wildman–Crippen MR) is 44.2 cm³/mol. The molecule has 2 N–H and O–H groups in total. The van der Waals surface area contributed by atoms with Gasteiger partial charge in [-0.2, -0.15) is 0 Å². The number of amides is 2. The van der Waals surface area contributed by atoms with Crippen LogP contribution in [-0.4, -0.2) is 29.2 Å². The van der Waals surface area contributed by atoms with E-state index in [-0.39, 0.29) is 0 Å². The first-order valence-electron chi connectivity index (χ1n) is 9.70. The molecule has 68 valence electrons. The quantitative estimate of drug-likeness (QED) is 0.664. The molecule has 1 heterocycles. The molecule has 0 aromatic rings. The van der Waals surface area contributed by atoms with Gasteiger partial charge >= 0.3 is 0 Å². The van der Waals surface area contributed by atoms with Crippen molar-refractivity contribution >= 4 is 11.8 Å². The maximum Gasteiger partial charge on any atom is 0.240 e. The number of likely N-dealkylation sites (tertiary alicyclic amines) is 1. The van der Waals surface area contributed by atoms with Gasteiger partial charge in [0.05, 0.1) is 1.37 Å². The van der Waals surface area contributed by atoms with Crippen molar-refractivity contribution in [3.63, 3.8) is 0 Å². The standard InChI is InChI=1S/C8H14N2O2/c1-2-6(8(9)12)10-5-3-4-7(10)11/h6H,2-5H2,1H3,(H2,9,12)/t6-/m0/s1/i1D3,2D2,3D2,4D2,5D2,6D/hD2.